The highest BCUT2D eigenvalue weighted by Gasteiger charge is 2.57. The summed E-state index contributed by atoms with van der Waals surface area (Å²) in [6.45, 7) is 2.28. The molecule has 5 heteroatoms. The van der Waals surface area contributed by atoms with E-state index in [0.717, 1.165) is 25.3 Å². The number of hydrogen-bond donors (Lipinski definition) is 0. The van der Waals surface area contributed by atoms with E-state index in [4.69, 9.17) is 8.23 Å². The van der Waals surface area contributed by atoms with Crippen LogP contribution >= 0.6 is 0 Å². The third-order valence-corrected chi connectivity index (χ3v) is 24.2. The molecule has 0 unspecified atom stereocenters. The standard InChI is InChI=1S/C47H46O2Si3/c1-2-3-25-40-50(41-26-11-4-12-27-41,48-51(42-28-13-5-14-29-42,43-30-15-6-16-31-43)44-32-17-7-18-33-44)49-52(45-34-19-8-20-35-45,46-36-21-9-22-37-46)47-38-23-10-24-39-47/h4-24,26-39H,2-3,25,40H2,1H3. The molecule has 0 aromatic heterocycles. The molecule has 0 radical (unpaired) electrons. The van der Waals surface area contributed by atoms with Crippen LogP contribution in [0.3, 0.4) is 0 Å². The molecule has 0 amide bonds. The number of unbranched alkanes of at least 4 members (excludes halogenated alkanes) is 2. The van der Waals surface area contributed by atoms with Crippen molar-refractivity contribution in [3.63, 3.8) is 0 Å². The lowest BCUT2D eigenvalue weighted by Crippen LogP contribution is -2.80. The van der Waals surface area contributed by atoms with Crippen LogP contribution in [0.2, 0.25) is 6.04 Å². The second-order valence-corrected chi connectivity index (χ2v) is 23.7. The average molecular weight is 727 g/mol. The first-order chi connectivity index (χ1) is 25.7. The van der Waals surface area contributed by atoms with Gasteiger partial charge in [0.1, 0.15) is 0 Å². The summed E-state index contributed by atoms with van der Waals surface area (Å²) >= 11 is 0. The van der Waals surface area contributed by atoms with E-state index in [1.165, 1.54) is 36.3 Å². The molecule has 7 aromatic carbocycles. The molecule has 0 aliphatic rings. The van der Waals surface area contributed by atoms with Gasteiger partial charge in [-0.05, 0) is 42.4 Å². The molecule has 0 bridgehead atoms. The highest BCUT2D eigenvalue weighted by atomic mass is 28.5. The van der Waals surface area contributed by atoms with E-state index in [1.807, 2.05) is 0 Å². The monoisotopic (exact) mass is 726 g/mol. The lowest BCUT2D eigenvalue weighted by molar-refractivity contribution is 0.405. The quantitative estimate of drug-likeness (QED) is 0.0651. The van der Waals surface area contributed by atoms with Crippen LogP contribution in [-0.4, -0.2) is 25.2 Å². The molecule has 7 aromatic rings. The maximum atomic E-state index is 8.53. The predicted octanol–water partition coefficient (Wildman–Crippen LogP) is 6.89. The van der Waals surface area contributed by atoms with Crippen LogP contribution in [0.1, 0.15) is 26.2 Å². The summed E-state index contributed by atoms with van der Waals surface area (Å²) in [4.78, 5) is 0. The molecule has 52 heavy (non-hydrogen) atoms. The van der Waals surface area contributed by atoms with E-state index in [-0.39, 0.29) is 0 Å². The fourth-order valence-corrected chi connectivity index (χ4v) is 24.3. The van der Waals surface area contributed by atoms with Crippen LogP contribution in [0.4, 0.5) is 0 Å². The minimum Gasteiger partial charge on any atom is -0.422 e. The van der Waals surface area contributed by atoms with Gasteiger partial charge in [-0.1, -0.05) is 239 Å². The highest BCUT2D eigenvalue weighted by Crippen LogP contribution is 2.28. The third kappa shape index (κ3) is 7.11. The van der Waals surface area contributed by atoms with Crippen molar-refractivity contribution < 1.29 is 8.23 Å². The normalized spacial score (nSPS) is 12.0. The number of hydrogen-bond acceptors (Lipinski definition) is 2. The van der Waals surface area contributed by atoms with Crippen molar-refractivity contribution >= 4 is 61.5 Å². The van der Waals surface area contributed by atoms with Crippen molar-refractivity contribution in [3.05, 3.63) is 212 Å². The van der Waals surface area contributed by atoms with Crippen molar-refractivity contribution in [1.82, 2.24) is 0 Å². The van der Waals surface area contributed by atoms with Crippen LogP contribution in [0.15, 0.2) is 212 Å². The van der Waals surface area contributed by atoms with Gasteiger partial charge < -0.3 is 8.23 Å². The summed E-state index contributed by atoms with van der Waals surface area (Å²) in [7, 11) is -9.94. The molecule has 7 rings (SSSR count). The Morgan fingerprint density at radius 3 is 0.769 bits per heavy atom. The molecule has 0 saturated heterocycles. The molecular weight excluding hydrogens is 681 g/mol. The Bertz CT molecular complexity index is 1760. The fourth-order valence-electron chi connectivity index (χ4n) is 7.57. The summed E-state index contributed by atoms with van der Waals surface area (Å²) in [6.07, 6.45) is 3.21. The number of rotatable bonds is 15. The average Bonchev–Trinajstić information content (AvgIpc) is 3.24. The van der Waals surface area contributed by atoms with Gasteiger partial charge in [0, 0.05) is 0 Å². The molecular formula is C47H46O2Si3. The van der Waals surface area contributed by atoms with Gasteiger partial charge in [-0.3, -0.25) is 0 Å². The second kappa shape index (κ2) is 16.6. The minimum absolute atomic E-state index is 0.827. The molecule has 0 saturated carbocycles. The predicted molar refractivity (Wildman–Crippen MR) is 226 cm³/mol. The van der Waals surface area contributed by atoms with Gasteiger partial charge in [0.05, 0.1) is 0 Å². The van der Waals surface area contributed by atoms with Crippen LogP contribution in [0.5, 0.6) is 0 Å². The van der Waals surface area contributed by atoms with E-state index in [1.54, 1.807) is 0 Å². The maximum Gasteiger partial charge on any atom is 0.353 e. The van der Waals surface area contributed by atoms with Crippen molar-refractivity contribution in [2.24, 2.45) is 0 Å². The van der Waals surface area contributed by atoms with Crippen LogP contribution in [0, 0.1) is 0 Å². The second-order valence-electron chi connectivity index (χ2n) is 13.3. The first-order valence-corrected chi connectivity index (χ1v) is 24.3. The van der Waals surface area contributed by atoms with E-state index >= 15 is 0 Å². The Hall–Kier alpha value is -4.89. The first kappa shape index (κ1) is 35.5. The third-order valence-electron chi connectivity index (χ3n) is 10.0. The Morgan fingerprint density at radius 2 is 0.538 bits per heavy atom. The summed E-state index contributed by atoms with van der Waals surface area (Å²) in [6, 6.07) is 77.7. The van der Waals surface area contributed by atoms with E-state index < -0.39 is 25.2 Å². The van der Waals surface area contributed by atoms with Gasteiger partial charge >= 0.3 is 8.56 Å². The van der Waals surface area contributed by atoms with Gasteiger partial charge in [-0.2, -0.15) is 0 Å². The summed E-state index contributed by atoms with van der Waals surface area (Å²) in [5.41, 5.74) is 0. The smallest absolute Gasteiger partial charge is 0.353 e. The van der Waals surface area contributed by atoms with Crippen molar-refractivity contribution in [2.75, 3.05) is 0 Å². The molecule has 0 aliphatic carbocycles. The topological polar surface area (TPSA) is 18.5 Å². The zero-order valence-corrected chi connectivity index (χ0v) is 32.9. The fraction of sp³-hybridized carbons (Fsp3) is 0.106. The number of benzene rings is 7. The highest BCUT2D eigenvalue weighted by molar-refractivity contribution is 7.15. The minimum atomic E-state index is -3.45. The van der Waals surface area contributed by atoms with Crippen molar-refractivity contribution in [1.29, 1.82) is 0 Å². The lowest BCUT2D eigenvalue weighted by atomic mass is 10.3. The van der Waals surface area contributed by atoms with Crippen molar-refractivity contribution in [3.8, 4) is 0 Å². The molecule has 0 heterocycles. The van der Waals surface area contributed by atoms with E-state index in [2.05, 4.69) is 219 Å². The van der Waals surface area contributed by atoms with Crippen LogP contribution < -0.4 is 36.3 Å². The molecule has 2 nitrogen and oxygen atoms in total. The summed E-state index contributed by atoms with van der Waals surface area (Å²) in [5, 5.41) is 8.45. The lowest BCUT2D eigenvalue weighted by Gasteiger charge is -2.47. The van der Waals surface area contributed by atoms with E-state index in [9.17, 15) is 0 Å². The molecule has 0 aliphatic heterocycles. The molecule has 0 spiro atoms. The van der Waals surface area contributed by atoms with Gasteiger partial charge in [0.2, 0.25) is 0 Å². The van der Waals surface area contributed by atoms with Crippen LogP contribution in [0.25, 0.3) is 0 Å². The molecule has 0 fully saturated rings. The Labute approximate surface area is 312 Å². The molecule has 0 atom stereocenters. The van der Waals surface area contributed by atoms with Crippen LogP contribution in [-0.2, 0) is 8.23 Å². The Balaban J connectivity index is 1.60. The molecule has 0 N–H and O–H groups in total. The first-order valence-electron chi connectivity index (χ1n) is 18.5. The SMILES string of the molecule is CCCCC[Si](O[Si](c1ccccc1)(c1ccccc1)c1ccccc1)(O[Si](c1ccccc1)(c1ccccc1)c1ccccc1)c1ccccc1. The summed E-state index contributed by atoms with van der Waals surface area (Å²) < 4.78 is 17.1. The van der Waals surface area contributed by atoms with E-state index in [0.29, 0.717) is 0 Å². The van der Waals surface area contributed by atoms with Gasteiger partial charge in [-0.15, -0.1) is 0 Å². The largest absolute Gasteiger partial charge is 0.422 e. The Morgan fingerprint density at radius 1 is 0.308 bits per heavy atom. The van der Waals surface area contributed by atoms with Crippen molar-refractivity contribution in [2.45, 2.75) is 32.2 Å². The molecule has 258 valence electrons. The summed E-state index contributed by atoms with van der Waals surface area (Å²) in [5.74, 6) is 0. The van der Waals surface area contributed by atoms with Gasteiger partial charge in [-0.25, -0.2) is 0 Å². The zero-order chi connectivity index (χ0) is 35.5. The van der Waals surface area contributed by atoms with Gasteiger partial charge in [0.25, 0.3) is 16.6 Å². The van der Waals surface area contributed by atoms with Gasteiger partial charge in [0.15, 0.2) is 0 Å². The maximum absolute atomic E-state index is 8.53. The zero-order valence-electron chi connectivity index (χ0n) is 29.9. The Kier molecular flexibility index (Phi) is 11.4.